The molecular weight excluding hydrogens is 178 g/mol. The van der Waals surface area contributed by atoms with Crippen LogP contribution in [0.25, 0.3) is 0 Å². The standard InChI is InChI=1S/C10H15N3O/c1-7-4-5-12-10(11)9(7)8(14)6-13(2)3/h4-5H,6H2,1-3H3,(H2,11,12). The zero-order chi connectivity index (χ0) is 10.7. The number of aryl methyl sites for hydroxylation is 1. The fourth-order valence-corrected chi connectivity index (χ4v) is 1.31. The maximum absolute atomic E-state index is 11.7. The molecule has 0 saturated carbocycles. The first-order valence-electron chi connectivity index (χ1n) is 4.41. The summed E-state index contributed by atoms with van der Waals surface area (Å²) in [6.07, 6.45) is 1.61. The molecule has 0 aliphatic carbocycles. The fraction of sp³-hybridized carbons (Fsp3) is 0.400. The summed E-state index contributed by atoms with van der Waals surface area (Å²) in [5.74, 6) is 0.329. The van der Waals surface area contributed by atoms with Crippen molar-refractivity contribution in [1.82, 2.24) is 9.88 Å². The highest BCUT2D eigenvalue weighted by Gasteiger charge is 2.13. The van der Waals surface area contributed by atoms with Gasteiger partial charge in [0.25, 0.3) is 0 Å². The highest BCUT2D eigenvalue weighted by molar-refractivity contribution is 6.02. The molecule has 1 aromatic rings. The van der Waals surface area contributed by atoms with Gasteiger partial charge in [0.2, 0.25) is 0 Å². The minimum Gasteiger partial charge on any atom is -0.383 e. The van der Waals surface area contributed by atoms with Gasteiger partial charge in [-0.1, -0.05) is 0 Å². The number of rotatable bonds is 3. The average Bonchev–Trinajstić information content (AvgIpc) is 2.01. The number of nitrogen functional groups attached to an aromatic ring is 1. The number of hydrogen-bond donors (Lipinski definition) is 1. The van der Waals surface area contributed by atoms with Crippen LogP contribution in [0.4, 0.5) is 5.82 Å². The number of nitrogens with zero attached hydrogens (tertiary/aromatic N) is 2. The van der Waals surface area contributed by atoms with E-state index < -0.39 is 0 Å². The fourth-order valence-electron chi connectivity index (χ4n) is 1.31. The van der Waals surface area contributed by atoms with Gasteiger partial charge in [-0.25, -0.2) is 4.98 Å². The van der Waals surface area contributed by atoms with Crippen LogP contribution < -0.4 is 5.73 Å². The van der Waals surface area contributed by atoms with Crippen LogP contribution >= 0.6 is 0 Å². The van der Waals surface area contributed by atoms with Crippen LogP contribution in [0.3, 0.4) is 0 Å². The predicted octanol–water partition coefficient (Wildman–Crippen LogP) is 0.717. The Bertz CT molecular complexity index is 327. The van der Waals surface area contributed by atoms with E-state index in [1.165, 1.54) is 0 Å². The molecule has 0 bridgehead atoms. The summed E-state index contributed by atoms with van der Waals surface area (Å²) in [7, 11) is 3.69. The number of carbonyl (C=O) groups excluding carboxylic acids is 1. The van der Waals surface area contributed by atoms with Crippen LogP contribution in [0.15, 0.2) is 12.3 Å². The summed E-state index contributed by atoms with van der Waals surface area (Å²) in [5, 5.41) is 0. The van der Waals surface area contributed by atoms with Gasteiger partial charge in [-0.05, 0) is 32.6 Å². The summed E-state index contributed by atoms with van der Waals surface area (Å²) < 4.78 is 0. The first kappa shape index (κ1) is 10.7. The van der Waals surface area contributed by atoms with Gasteiger partial charge in [0, 0.05) is 6.20 Å². The monoisotopic (exact) mass is 193 g/mol. The Morgan fingerprint density at radius 2 is 2.21 bits per heavy atom. The van der Waals surface area contributed by atoms with Crippen LogP contribution in [-0.2, 0) is 0 Å². The summed E-state index contributed by atoms with van der Waals surface area (Å²) in [6.45, 7) is 2.22. The third-order valence-corrected chi connectivity index (χ3v) is 1.93. The number of pyridine rings is 1. The molecule has 1 rings (SSSR count). The molecule has 0 amide bonds. The molecule has 1 aromatic heterocycles. The number of aromatic nitrogens is 1. The largest absolute Gasteiger partial charge is 0.383 e. The molecule has 0 unspecified atom stereocenters. The number of hydrogen-bond acceptors (Lipinski definition) is 4. The average molecular weight is 193 g/mol. The van der Waals surface area contributed by atoms with E-state index in [0.29, 0.717) is 17.9 Å². The third-order valence-electron chi connectivity index (χ3n) is 1.93. The van der Waals surface area contributed by atoms with Crippen molar-refractivity contribution in [3.8, 4) is 0 Å². The maximum atomic E-state index is 11.7. The van der Waals surface area contributed by atoms with Crippen LogP contribution in [0.2, 0.25) is 0 Å². The number of carbonyl (C=O) groups is 1. The Morgan fingerprint density at radius 1 is 1.57 bits per heavy atom. The Morgan fingerprint density at radius 3 is 2.71 bits per heavy atom. The number of nitrogens with two attached hydrogens (primary N) is 1. The Balaban J connectivity index is 3.00. The van der Waals surface area contributed by atoms with E-state index in [4.69, 9.17) is 5.73 Å². The van der Waals surface area contributed by atoms with Crippen molar-refractivity contribution in [3.05, 3.63) is 23.4 Å². The van der Waals surface area contributed by atoms with E-state index in [0.717, 1.165) is 5.56 Å². The molecule has 0 saturated heterocycles. The molecule has 0 aliphatic heterocycles. The van der Waals surface area contributed by atoms with Crippen molar-refractivity contribution >= 4 is 11.6 Å². The summed E-state index contributed by atoms with van der Waals surface area (Å²) >= 11 is 0. The number of Topliss-reactive ketones (excluding diaryl/α,β-unsaturated/α-hetero) is 1. The Labute approximate surface area is 83.7 Å². The molecule has 0 radical (unpaired) electrons. The highest BCUT2D eigenvalue weighted by atomic mass is 16.1. The number of ketones is 1. The Kier molecular flexibility index (Phi) is 3.19. The zero-order valence-electron chi connectivity index (χ0n) is 8.74. The first-order valence-corrected chi connectivity index (χ1v) is 4.41. The van der Waals surface area contributed by atoms with Gasteiger partial charge in [0.05, 0.1) is 12.1 Å². The second-order valence-electron chi connectivity index (χ2n) is 3.55. The van der Waals surface area contributed by atoms with Gasteiger partial charge in [0.1, 0.15) is 5.82 Å². The van der Waals surface area contributed by atoms with Crippen molar-refractivity contribution in [2.75, 3.05) is 26.4 Å². The normalized spacial score (nSPS) is 10.6. The van der Waals surface area contributed by atoms with E-state index >= 15 is 0 Å². The molecule has 0 aromatic carbocycles. The molecule has 0 spiro atoms. The zero-order valence-corrected chi connectivity index (χ0v) is 8.74. The molecule has 2 N–H and O–H groups in total. The molecule has 1 heterocycles. The smallest absolute Gasteiger partial charge is 0.180 e. The van der Waals surface area contributed by atoms with Gasteiger partial charge in [-0.2, -0.15) is 0 Å². The lowest BCUT2D eigenvalue weighted by Crippen LogP contribution is -2.23. The predicted molar refractivity (Wildman–Crippen MR) is 56.3 cm³/mol. The molecule has 14 heavy (non-hydrogen) atoms. The van der Waals surface area contributed by atoms with E-state index in [1.807, 2.05) is 25.9 Å². The Hall–Kier alpha value is -1.42. The summed E-state index contributed by atoms with van der Waals surface area (Å²) in [5.41, 5.74) is 7.07. The molecule has 76 valence electrons. The summed E-state index contributed by atoms with van der Waals surface area (Å²) in [4.78, 5) is 17.5. The van der Waals surface area contributed by atoms with Crippen molar-refractivity contribution in [3.63, 3.8) is 0 Å². The van der Waals surface area contributed by atoms with Crippen molar-refractivity contribution in [2.45, 2.75) is 6.92 Å². The van der Waals surface area contributed by atoms with Gasteiger partial charge < -0.3 is 10.6 Å². The molecule has 4 heteroatoms. The van der Waals surface area contributed by atoms with Crippen LogP contribution in [0, 0.1) is 6.92 Å². The molecular formula is C10H15N3O. The summed E-state index contributed by atoms with van der Waals surface area (Å²) in [6, 6.07) is 1.79. The van der Waals surface area contributed by atoms with E-state index in [2.05, 4.69) is 4.98 Å². The minimum atomic E-state index is 0.0121. The maximum Gasteiger partial charge on any atom is 0.180 e. The lowest BCUT2D eigenvalue weighted by atomic mass is 10.1. The van der Waals surface area contributed by atoms with Crippen LogP contribution in [0.1, 0.15) is 15.9 Å². The third kappa shape index (κ3) is 2.29. The minimum absolute atomic E-state index is 0.0121. The van der Waals surface area contributed by atoms with E-state index in [1.54, 1.807) is 12.3 Å². The lowest BCUT2D eigenvalue weighted by Gasteiger charge is -2.11. The highest BCUT2D eigenvalue weighted by Crippen LogP contribution is 2.14. The van der Waals surface area contributed by atoms with Crippen molar-refractivity contribution in [1.29, 1.82) is 0 Å². The van der Waals surface area contributed by atoms with Crippen molar-refractivity contribution < 1.29 is 4.79 Å². The van der Waals surface area contributed by atoms with Gasteiger partial charge in [-0.3, -0.25) is 4.79 Å². The SMILES string of the molecule is Cc1ccnc(N)c1C(=O)CN(C)C. The molecule has 0 fully saturated rings. The lowest BCUT2D eigenvalue weighted by molar-refractivity contribution is 0.0958. The second kappa shape index (κ2) is 4.19. The molecule has 4 nitrogen and oxygen atoms in total. The quantitative estimate of drug-likeness (QED) is 0.718. The molecule has 0 atom stereocenters. The van der Waals surface area contributed by atoms with E-state index in [9.17, 15) is 4.79 Å². The van der Waals surface area contributed by atoms with E-state index in [-0.39, 0.29) is 5.78 Å². The first-order chi connectivity index (χ1) is 6.52. The van der Waals surface area contributed by atoms with Gasteiger partial charge >= 0.3 is 0 Å². The van der Waals surface area contributed by atoms with Gasteiger partial charge in [0.15, 0.2) is 5.78 Å². The number of likely N-dealkylation sites (N-methyl/N-ethyl adjacent to an activating group) is 1. The van der Waals surface area contributed by atoms with Crippen LogP contribution in [0.5, 0.6) is 0 Å². The number of anilines is 1. The second-order valence-corrected chi connectivity index (χ2v) is 3.55. The topological polar surface area (TPSA) is 59.2 Å². The molecule has 0 aliphatic rings. The van der Waals surface area contributed by atoms with Gasteiger partial charge in [-0.15, -0.1) is 0 Å². The van der Waals surface area contributed by atoms with Crippen molar-refractivity contribution in [2.24, 2.45) is 0 Å². The van der Waals surface area contributed by atoms with Crippen LogP contribution in [-0.4, -0.2) is 36.3 Å².